The summed E-state index contributed by atoms with van der Waals surface area (Å²) >= 11 is 0. The smallest absolute Gasteiger partial charge is 0.271 e. The van der Waals surface area contributed by atoms with E-state index in [9.17, 15) is 10.1 Å². The van der Waals surface area contributed by atoms with Crippen LogP contribution in [0.2, 0.25) is 0 Å². The minimum Gasteiger partial charge on any atom is -0.358 e. The van der Waals surface area contributed by atoms with E-state index in [1.807, 2.05) is 6.07 Å². The van der Waals surface area contributed by atoms with Crippen molar-refractivity contribution < 1.29 is 4.92 Å². The summed E-state index contributed by atoms with van der Waals surface area (Å²) in [6.07, 6.45) is 2.04. The molecule has 1 heterocycles. The predicted octanol–water partition coefficient (Wildman–Crippen LogP) is 3.03. The Balaban J connectivity index is 2.47. The molecule has 1 aromatic heterocycles. The average Bonchev–Trinajstić information content (AvgIpc) is 2.59. The number of nitro groups is 1. The summed E-state index contributed by atoms with van der Waals surface area (Å²) < 4.78 is 0. The Hall–Kier alpha value is -1.84. The van der Waals surface area contributed by atoms with Gasteiger partial charge in [-0.3, -0.25) is 10.1 Å². The van der Waals surface area contributed by atoms with E-state index in [1.54, 1.807) is 12.1 Å². The van der Waals surface area contributed by atoms with Gasteiger partial charge in [0.2, 0.25) is 0 Å². The van der Waals surface area contributed by atoms with Gasteiger partial charge in [-0.1, -0.05) is 13.3 Å². The number of aromatic nitrogens is 1. The Morgan fingerprint density at radius 2 is 2.20 bits per heavy atom. The van der Waals surface area contributed by atoms with Crippen molar-refractivity contribution in [3.8, 4) is 0 Å². The number of rotatable bonds is 3. The third kappa shape index (κ3) is 1.83. The van der Waals surface area contributed by atoms with E-state index in [4.69, 9.17) is 0 Å². The lowest BCUT2D eigenvalue weighted by atomic mass is 10.2. The van der Waals surface area contributed by atoms with Crippen molar-refractivity contribution >= 4 is 16.6 Å². The van der Waals surface area contributed by atoms with Gasteiger partial charge in [0.15, 0.2) is 0 Å². The monoisotopic (exact) mass is 204 g/mol. The number of hydrogen-bond acceptors (Lipinski definition) is 2. The van der Waals surface area contributed by atoms with Crippen LogP contribution in [-0.4, -0.2) is 9.91 Å². The largest absolute Gasteiger partial charge is 0.358 e. The van der Waals surface area contributed by atoms with Crippen LogP contribution in [0.5, 0.6) is 0 Å². The molecule has 2 aromatic rings. The minimum atomic E-state index is -0.375. The minimum absolute atomic E-state index is 0.132. The first-order valence-electron chi connectivity index (χ1n) is 4.96. The molecule has 0 spiro atoms. The third-order valence-corrected chi connectivity index (χ3v) is 2.39. The van der Waals surface area contributed by atoms with Gasteiger partial charge >= 0.3 is 0 Å². The number of nitrogens with zero attached hydrogens (tertiary/aromatic N) is 1. The summed E-state index contributed by atoms with van der Waals surface area (Å²) in [5, 5.41) is 11.6. The molecule has 0 radical (unpaired) electrons. The number of aryl methyl sites for hydroxylation is 1. The van der Waals surface area contributed by atoms with Gasteiger partial charge in [-0.25, -0.2) is 0 Å². The summed E-state index contributed by atoms with van der Waals surface area (Å²) in [4.78, 5) is 13.4. The highest BCUT2D eigenvalue weighted by Crippen LogP contribution is 2.21. The molecule has 0 atom stereocenters. The zero-order valence-electron chi connectivity index (χ0n) is 8.49. The lowest BCUT2D eigenvalue weighted by molar-refractivity contribution is -0.384. The van der Waals surface area contributed by atoms with E-state index in [0.29, 0.717) is 0 Å². The number of hydrogen-bond donors (Lipinski definition) is 1. The van der Waals surface area contributed by atoms with Gasteiger partial charge in [-0.05, 0) is 18.6 Å². The normalized spacial score (nSPS) is 10.7. The second kappa shape index (κ2) is 3.73. The third-order valence-electron chi connectivity index (χ3n) is 2.39. The molecule has 2 rings (SSSR count). The summed E-state index contributed by atoms with van der Waals surface area (Å²) in [5.74, 6) is 0. The molecule has 0 unspecified atom stereocenters. The molecule has 4 nitrogen and oxygen atoms in total. The zero-order valence-corrected chi connectivity index (χ0v) is 8.49. The Morgan fingerprint density at radius 1 is 1.40 bits per heavy atom. The van der Waals surface area contributed by atoms with E-state index in [2.05, 4.69) is 11.9 Å². The van der Waals surface area contributed by atoms with Crippen LogP contribution in [0.15, 0.2) is 24.3 Å². The molecule has 0 aliphatic heterocycles. The standard InChI is InChI=1S/C11H12N2O2/c1-2-3-9-6-8-4-5-10(13(14)15)7-11(8)12-9/h4-7,12H,2-3H2,1H3. The van der Waals surface area contributed by atoms with Crippen molar-refractivity contribution in [2.75, 3.05) is 0 Å². The lowest BCUT2D eigenvalue weighted by Crippen LogP contribution is -1.86. The molecular weight excluding hydrogens is 192 g/mol. The SMILES string of the molecule is CCCc1cc2ccc([N+](=O)[O-])cc2[nH]1. The van der Waals surface area contributed by atoms with Gasteiger partial charge in [0.1, 0.15) is 0 Å². The molecule has 0 saturated carbocycles. The number of nitro benzene ring substituents is 1. The fraction of sp³-hybridized carbons (Fsp3) is 0.273. The molecule has 1 N–H and O–H groups in total. The van der Waals surface area contributed by atoms with E-state index < -0.39 is 0 Å². The van der Waals surface area contributed by atoms with Crippen LogP contribution < -0.4 is 0 Å². The Morgan fingerprint density at radius 3 is 2.87 bits per heavy atom. The van der Waals surface area contributed by atoms with E-state index in [0.717, 1.165) is 29.4 Å². The maximum atomic E-state index is 10.6. The second-order valence-corrected chi connectivity index (χ2v) is 3.57. The first kappa shape index (κ1) is 9.71. The van der Waals surface area contributed by atoms with Crippen LogP contribution in [0.1, 0.15) is 19.0 Å². The Kier molecular flexibility index (Phi) is 2.41. The van der Waals surface area contributed by atoms with Crippen molar-refractivity contribution in [2.24, 2.45) is 0 Å². The van der Waals surface area contributed by atoms with Crippen LogP contribution >= 0.6 is 0 Å². The molecule has 78 valence electrons. The maximum absolute atomic E-state index is 10.6. The average molecular weight is 204 g/mol. The summed E-state index contributed by atoms with van der Waals surface area (Å²) in [6, 6.07) is 6.94. The van der Waals surface area contributed by atoms with Gasteiger partial charge in [0, 0.05) is 23.2 Å². The Labute approximate surface area is 87.1 Å². The van der Waals surface area contributed by atoms with Crippen molar-refractivity contribution in [3.63, 3.8) is 0 Å². The lowest BCUT2D eigenvalue weighted by Gasteiger charge is -1.91. The van der Waals surface area contributed by atoms with Gasteiger partial charge in [-0.2, -0.15) is 0 Å². The molecule has 15 heavy (non-hydrogen) atoms. The molecule has 0 saturated heterocycles. The summed E-state index contributed by atoms with van der Waals surface area (Å²) in [5.41, 5.74) is 2.10. The predicted molar refractivity (Wildman–Crippen MR) is 58.9 cm³/mol. The van der Waals surface area contributed by atoms with Crippen LogP contribution in [0.25, 0.3) is 10.9 Å². The van der Waals surface area contributed by atoms with Gasteiger partial charge < -0.3 is 4.98 Å². The van der Waals surface area contributed by atoms with Crippen LogP contribution in [0, 0.1) is 10.1 Å². The number of non-ortho nitro benzene ring substituents is 1. The highest BCUT2D eigenvalue weighted by atomic mass is 16.6. The van der Waals surface area contributed by atoms with Crippen molar-refractivity contribution in [1.29, 1.82) is 0 Å². The van der Waals surface area contributed by atoms with E-state index in [-0.39, 0.29) is 10.6 Å². The van der Waals surface area contributed by atoms with E-state index >= 15 is 0 Å². The summed E-state index contributed by atoms with van der Waals surface area (Å²) in [6.45, 7) is 2.11. The molecule has 0 aliphatic carbocycles. The molecule has 0 aliphatic rings. The zero-order chi connectivity index (χ0) is 10.8. The molecular formula is C11H12N2O2. The van der Waals surface area contributed by atoms with Gasteiger partial charge in [0.25, 0.3) is 5.69 Å². The van der Waals surface area contributed by atoms with Crippen LogP contribution in [0.4, 0.5) is 5.69 Å². The molecule has 1 aromatic carbocycles. The molecule has 0 bridgehead atoms. The second-order valence-electron chi connectivity index (χ2n) is 3.57. The number of benzene rings is 1. The highest BCUT2D eigenvalue weighted by molar-refractivity contribution is 5.82. The number of fused-ring (bicyclic) bond motifs is 1. The van der Waals surface area contributed by atoms with Gasteiger partial charge in [-0.15, -0.1) is 0 Å². The van der Waals surface area contributed by atoms with E-state index in [1.165, 1.54) is 6.07 Å². The van der Waals surface area contributed by atoms with Crippen LogP contribution in [0.3, 0.4) is 0 Å². The van der Waals surface area contributed by atoms with Gasteiger partial charge in [0.05, 0.1) is 10.4 Å². The fourth-order valence-corrected chi connectivity index (χ4v) is 1.69. The number of nitrogens with one attached hydrogen (secondary N) is 1. The van der Waals surface area contributed by atoms with Crippen LogP contribution in [-0.2, 0) is 6.42 Å². The molecule has 4 heteroatoms. The molecule has 0 amide bonds. The first-order valence-corrected chi connectivity index (χ1v) is 4.96. The summed E-state index contributed by atoms with van der Waals surface area (Å²) in [7, 11) is 0. The first-order chi connectivity index (χ1) is 7.20. The maximum Gasteiger partial charge on any atom is 0.271 e. The fourth-order valence-electron chi connectivity index (χ4n) is 1.69. The number of aromatic amines is 1. The highest BCUT2D eigenvalue weighted by Gasteiger charge is 2.07. The number of H-pyrrole nitrogens is 1. The quantitative estimate of drug-likeness (QED) is 0.617. The van der Waals surface area contributed by atoms with Crippen molar-refractivity contribution in [1.82, 2.24) is 4.98 Å². The topological polar surface area (TPSA) is 58.9 Å². The van der Waals surface area contributed by atoms with Crippen molar-refractivity contribution in [2.45, 2.75) is 19.8 Å². The van der Waals surface area contributed by atoms with Crippen molar-refractivity contribution in [3.05, 3.63) is 40.1 Å². The Bertz CT molecular complexity index is 502. The molecule has 0 fully saturated rings.